The fourth-order valence-corrected chi connectivity index (χ4v) is 1.86. The summed E-state index contributed by atoms with van der Waals surface area (Å²) < 4.78 is 19.2. The van der Waals surface area contributed by atoms with E-state index in [2.05, 4.69) is 0 Å². The maximum Gasteiger partial charge on any atom is 0.165 e. The van der Waals surface area contributed by atoms with Crippen LogP contribution in [-0.4, -0.2) is 17.5 Å². The van der Waals surface area contributed by atoms with Crippen molar-refractivity contribution in [3.05, 3.63) is 47.8 Å². The van der Waals surface area contributed by atoms with Gasteiger partial charge in [0.2, 0.25) is 0 Å². The Balaban J connectivity index is 2.39. The van der Waals surface area contributed by atoms with E-state index >= 15 is 0 Å². The summed E-state index contributed by atoms with van der Waals surface area (Å²) in [5, 5.41) is 9.45. The van der Waals surface area contributed by atoms with E-state index in [4.69, 9.17) is 4.74 Å². The molecule has 2 aromatic rings. The number of benzene rings is 2. The van der Waals surface area contributed by atoms with Crippen LogP contribution in [0.4, 0.5) is 4.39 Å². The van der Waals surface area contributed by atoms with Gasteiger partial charge < -0.3 is 9.84 Å². The third-order valence-electron chi connectivity index (χ3n) is 2.78. The summed E-state index contributed by atoms with van der Waals surface area (Å²) in [5.41, 5.74) is 1.44. The van der Waals surface area contributed by atoms with Gasteiger partial charge in [-0.15, -0.1) is 0 Å². The molecule has 0 bridgehead atoms. The Kier molecular flexibility index (Phi) is 4.03. The van der Waals surface area contributed by atoms with Crippen molar-refractivity contribution in [2.75, 3.05) is 0 Å². The molecule has 0 spiro atoms. The van der Waals surface area contributed by atoms with Crippen LogP contribution in [0.25, 0.3) is 11.1 Å². The lowest BCUT2D eigenvalue weighted by Gasteiger charge is -2.11. The van der Waals surface area contributed by atoms with Crippen molar-refractivity contribution in [2.45, 2.75) is 20.0 Å². The molecule has 0 saturated heterocycles. The van der Waals surface area contributed by atoms with Gasteiger partial charge >= 0.3 is 0 Å². The fraction of sp³-hybridized carbons (Fsp3) is 0.188. The monoisotopic (exact) mass is 274 g/mol. The zero-order chi connectivity index (χ0) is 14.7. The number of hydrogen-bond donors (Lipinski definition) is 1. The van der Waals surface area contributed by atoms with Crippen molar-refractivity contribution in [1.29, 1.82) is 0 Å². The molecule has 0 heterocycles. The molecule has 0 atom stereocenters. The van der Waals surface area contributed by atoms with Gasteiger partial charge in [0, 0.05) is 0 Å². The largest absolute Gasteiger partial charge is 0.507 e. The lowest BCUT2D eigenvalue weighted by atomic mass is 10.0. The first kappa shape index (κ1) is 14.1. The minimum absolute atomic E-state index is 0.0935. The van der Waals surface area contributed by atoms with E-state index in [0.717, 1.165) is 0 Å². The second kappa shape index (κ2) is 5.74. The summed E-state index contributed by atoms with van der Waals surface area (Å²) in [6, 6.07) is 9.16. The van der Waals surface area contributed by atoms with Gasteiger partial charge in [0.15, 0.2) is 17.9 Å². The van der Waals surface area contributed by atoms with E-state index in [0.29, 0.717) is 17.4 Å². The molecule has 104 valence electrons. The van der Waals surface area contributed by atoms with Crippen molar-refractivity contribution in [3.8, 4) is 22.6 Å². The lowest BCUT2D eigenvalue weighted by molar-refractivity contribution is 0.112. The third kappa shape index (κ3) is 2.96. The quantitative estimate of drug-likeness (QED) is 0.863. The van der Waals surface area contributed by atoms with E-state index in [1.165, 1.54) is 18.2 Å². The molecule has 0 unspecified atom stereocenters. The number of hydrogen-bond acceptors (Lipinski definition) is 3. The highest BCUT2D eigenvalue weighted by molar-refractivity contribution is 5.82. The molecule has 0 aliphatic carbocycles. The number of phenolic OH excluding ortho intramolecular Hbond substituents is 1. The van der Waals surface area contributed by atoms with Gasteiger partial charge in [-0.1, -0.05) is 12.1 Å². The van der Waals surface area contributed by atoms with Gasteiger partial charge in [0.1, 0.15) is 5.75 Å². The van der Waals surface area contributed by atoms with E-state index in [1.54, 1.807) is 18.2 Å². The first-order valence-electron chi connectivity index (χ1n) is 6.26. The molecule has 0 radical (unpaired) electrons. The van der Waals surface area contributed by atoms with Gasteiger partial charge in [0.05, 0.1) is 11.7 Å². The molecule has 3 nitrogen and oxygen atoms in total. The van der Waals surface area contributed by atoms with Crippen molar-refractivity contribution < 1.29 is 19.0 Å². The third-order valence-corrected chi connectivity index (χ3v) is 2.78. The molecular formula is C16H15FO3. The first-order valence-corrected chi connectivity index (χ1v) is 6.26. The molecule has 0 aliphatic rings. The Morgan fingerprint density at radius 2 is 1.80 bits per heavy atom. The molecule has 4 heteroatoms. The van der Waals surface area contributed by atoms with E-state index in [-0.39, 0.29) is 23.2 Å². The molecular weight excluding hydrogens is 259 g/mol. The number of halogens is 1. The van der Waals surface area contributed by atoms with E-state index in [9.17, 15) is 14.3 Å². The average molecular weight is 274 g/mol. The predicted octanol–water partition coefficient (Wildman–Crippen LogP) is 3.80. The van der Waals surface area contributed by atoms with Crippen molar-refractivity contribution in [3.63, 3.8) is 0 Å². The Morgan fingerprint density at radius 1 is 1.15 bits per heavy atom. The summed E-state index contributed by atoms with van der Waals surface area (Å²) in [4.78, 5) is 10.8. The average Bonchev–Trinajstić information content (AvgIpc) is 2.41. The van der Waals surface area contributed by atoms with Gasteiger partial charge in [-0.05, 0) is 49.2 Å². The normalized spacial score (nSPS) is 10.6. The molecule has 1 N–H and O–H groups in total. The van der Waals surface area contributed by atoms with Crippen LogP contribution in [0, 0.1) is 5.82 Å². The van der Waals surface area contributed by atoms with Crippen LogP contribution < -0.4 is 4.74 Å². The standard InChI is InChI=1S/C16H15FO3/c1-10(2)20-16-6-4-12(8-14(16)17)11-3-5-15(19)13(7-11)9-18/h3-10,19H,1-2H3. The zero-order valence-electron chi connectivity index (χ0n) is 11.3. The van der Waals surface area contributed by atoms with Crippen LogP contribution in [0.1, 0.15) is 24.2 Å². The van der Waals surface area contributed by atoms with Crippen LogP contribution in [0.3, 0.4) is 0 Å². The molecule has 20 heavy (non-hydrogen) atoms. The van der Waals surface area contributed by atoms with Gasteiger partial charge in [-0.2, -0.15) is 0 Å². The predicted molar refractivity (Wildman–Crippen MR) is 74.7 cm³/mol. The Labute approximate surface area is 116 Å². The molecule has 2 rings (SSSR count). The van der Waals surface area contributed by atoms with Gasteiger partial charge in [-0.25, -0.2) is 4.39 Å². The zero-order valence-corrected chi connectivity index (χ0v) is 11.3. The Morgan fingerprint density at radius 3 is 2.40 bits per heavy atom. The minimum Gasteiger partial charge on any atom is -0.507 e. The highest BCUT2D eigenvalue weighted by Crippen LogP contribution is 2.28. The van der Waals surface area contributed by atoms with Gasteiger partial charge in [-0.3, -0.25) is 4.79 Å². The molecule has 0 aromatic heterocycles. The Bertz CT molecular complexity index is 636. The topological polar surface area (TPSA) is 46.5 Å². The molecule has 0 amide bonds. The summed E-state index contributed by atoms with van der Waals surface area (Å²) in [6.07, 6.45) is 0.455. The number of rotatable bonds is 4. The molecule has 0 fully saturated rings. The summed E-state index contributed by atoms with van der Waals surface area (Å²) in [5.74, 6) is -0.362. The van der Waals surface area contributed by atoms with Crippen LogP contribution in [0.15, 0.2) is 36.4 Å². The lowest BCUT2D eigenvalue weighted by Crippen LogP contribution is -2.06. The van der Waals surface area contributed by atoms with Crippen LogP contribution >= 0.6 is 0 Å². The minimum atomic E-state index is -0.461. The number of ether oxygens (including phenoxy) is 1. The van der Waals surface area contributed by atoms with Crippen molar-refractivity contribution >= 4 is 6.29 Å². The summed E-state index contributed by atoms with van der Waals surface area (Å²) in [6.45, 7) is 3.65. The molecule has 0 aliphatic heterocycles. The maximum atomic E-state index is 13.9. The highest BCUT2D eigenvalue weighted by Gasteiger charge is 2.09. The number of carbonyl (C=O) groups excluding carboxylic acids is 1. The first-order chi connectivity index (χ1) is 9.51. The maximum absolute atomic E-state index is 13.9. The summed E-state index contributed by atoms with van der Waals surface area (Å²) in [7, 11) is 0. The smallest absolute Gasteiger partial charge is 0.165 e. The van der Waals surface area contributed by atoms with Crippen molar-refractivity contribution in [2.24, 2.45) is 0 Å². The second-order valence-electron chi connectivity index (χ2n) is 4.70. The summed E-state index contributed by atoms with van der Waals surface area (Å²) >= 11 is 0. The Hall–Kier alpha value is -2.36. The van der Waals surface area contributed by atoms with Crippen LogP contribution in [0.2, 0.25) is 0 Å². The van der Waals surface area contributed by atoms with E-state index in [1.807, 2.05) is 13.8 Å². The van der Waals surface area contributed by atoms with E-state index < -0.39 is 5.82 Å². The number of aromatic hydroxyl groups is 1. The molecule has 0 saturated carbocycles. The molecule has 2 aromatic carbocycles. The SMILES string of the molecule is CC(C)Oc1ccc(-c2ccc(O)c(C=O)c2)cc1F. The van der Waals surface area contributed by atoms with Crippen molar-refractivity contribution in [1.82, 2.24) is 0 Å². The van der Waals surface area contributed by atoms with Crippen LogP contribution in [-0.2, 0) is 0 Å². The van der Waals surface area contributed by atoms with Gasteiger partial charge in [0.25, 0.3) is 0 Å². The number of carbonyl (C=O) groups is 1. The second-order valence-corrected chi connectivity index (χ2v) is 4.70. The highest BCUT2D eigenvalue weighted by atomic mass is 19.1. The number of phenols is 1. The fourth-order valence-electron chi connectivity index (χ4n) is 1.86. The van der Waals surface area contributed by atoms with Crippen LogP contribution in [0.5, 0.6) is 11.5 Å². The number of aldehydes is 1.